The van der Waals surface area contributed by atoms with Crippen LogP contribution in [0.25, 0.3) is 0 Å². The van der Waals surface area contributed by atoms with Crippen molar-refractivity contribution in [3.8, 4) is 0 Å². The molecule has 3 atom stereocenters. The number of aromatic nitrogens is 2. The number of ether oxygens (including phenoxy) is 1. The molecule has 0 amide bonds. The normalized spacial score (nSPS) is 23.0. The molecule has 1 aromatic carbocycles. The molecule has 1 aromatic heterocycles. The van der Waals surface area contributed by atoms with Crippen molar-refractivity contribution in [3.05, 3.63) is 68.5 Å². The summed E-state index contributed by atoms with van der Waals surface area (Å²) in [6, 6.07) is 9.95. The Kier molecular flexibility index (Phi) is 5.47. The lowest BCUT2D eigenvalue weighted by Crippen LogP contribution is -2.35. The number of hydrogen-bond donors (Lipinski definition) is 3. The summed E-state index contributed by atoms with van der Waals surface area (Å²) in [6.45, 7) is 3.00. The van der Waals surface area contributed by atoms with E-state index in [-0.39, 0.29) is 5.56 Å². The van der Waals surface area contributed by atoms with Crippen LogP contribution in [0, 0.1) is 0 Å². The first kappa shape index (κ1) is 17.6. The van der Waals surface area contributed by atoms with Crippen LogP contribution in [0.5, 0.6) is 0 Å². The Morgan fingerprint density at radius 2 is 2.08 bits per heavy atom. The number of aryl methyl sites for hydroxylation is 1. The summed E-state index contributed by atoms with van der Waals surface area (Å²) in [5.41, 5.74) is 0.778. The van der Waals surface area contributed by atoms with E-state index in [1.165, 1.54) is 10.8 Å². The monoisotopic (exact) mass is 345 g/mol. The van der Waals surface area contributed by atoms with E-state index in [2.05, 4.69) is 10.3 Å². The Morgan fingerprint density at radius 1 is 1.32 bits per heavy atom. The second kappa shape index (κ2) is 7.77. The number of hydrogen-bond acceptors (Lipinski definition) is 5. The SMILES string of the molecule is CCc1cn([C@@H]2CC(O)[C@H](CNCc3ccccc3)O2)c(=O)[nH]c1=O. The van der Waals surface area contributed by atoms with E-state index in [0.29, 0.717) is 31.5 Å². The minimum atomic E-state index is -0.669. The predicted molar refractivity (Wildman–Crippen MR) is 93.4 cm³/mol. The number of nitrogens with zero attached hydrogens (tertiary/aromatic N) is 1. The molecule has 3 rings (SSSR count). The van der Waals surface area contributed by atoms with Crippen molar-refractivity contribution in [1.82, 2.24) is 14.9 Å². The molecule has 1 aliphatic rings. The molecule has 1 fully saturated rings. The van der Waals surface area contributed by atoms with Gasteiger partial charge >= 0.3 is 5.69 Å². The van der Waals surface area contributed by atoms with Crippen molar-refractivity contribution < 1.29 is 9.84 Å². The van der Waals surface area contributed by atoms with Crippen LogP contribution in [0.15, 0.2) is 46.1 Å². The van der Waals surface area contributed by atoms with Crippen LogP contribution in [-0.4, -0.2) is 33.4 Å². The van der Waals surface area contributed by atoms with Gasteiger partial charge in [-0.1, -0.05) is 37.3 Å². The van der Waals surface area contributed by atoms with Crippen molar-refractivity contribution in [2.75, 3.05) is 6.54 Å². The van der Waals surface area contributed by atoms with Gasteiger partial charge in [0.2, 0.25) is 0 Å². The van der Waals surface area contributed by atoms with Gasteiger partial charge in [0.1, 0.15) is 6.23 Å². The number of rotatable bonds is 6. The van der Waals surface area contributed by atoms with Gasteiger partial charge in [-0.3, -0.25) is 14.3 Å². The fourth-order valence-corrected chi connectivity index (χ4v) is 3.02. The molecule has 0 saturated carbocycles. The Labute approximate surface area is 145 Å². The molecule has 0 radical (unpaired) electrons. The summed E-state index contributed by atoms with van der Waals surface area (Å²) in [6.07, 6.45) is 0.709. The largest absolute Gasteiger partial charge is 0.390 e. The van der Waals surface area contributed by atoms with Gasteiger partial charge in [-0.25, -0.2) is 4.79 Å². The Balaban J connectivity index is 1.63. The van der Waals surface area contributed by atoms with Crippen molar-refractivity contribution in [2.45, 2.75) is 44.7 Å². The molecule has 7 nitrogen and oxygen atoms in total. The van der Waals surface area contributed by atoms with E-state index in [9.17, 15) is 14.7 Å². The number of aliphatic hydroxyl groups is 1. The maximum Gasteiger partial charge on any atom is 0.330 e. The van der Waals surface area contributed by atoms with E-state index >= 15 is 0 Å². The summed E-state index contributed by atoms with van der Waals surface area (Å²) >= 11 is 0. The highest BCUT2D eigenvalue weighted by atomic mass is 16.5. The quantitative estimate of drug-likeness (QED) is 0.710. The molecule has 2 heterocycles. The molecule has 0 bridgehead atoms. The van der Waals surface area contributed by atoms with Crippen LogP contribution < -0.4 is 16.6 Å². The summed E-state index contributed by atoms with van der Waals surface area (Å²) in [7, 11) is 0. The van der Waals surface area contributed by atoms with Crippen molar-refractivity contribution >= 4 is 0 Å². The standard InChI is InChI=1S/C18H23N3O4/c1-2-13-11-21(18(24)20-17(13)23)16-8-14(22)15(25-16)10-19-9-12-6-4-3-5-7-12/h3-7,11,14-16,19,22H,2,8-10H2,1H3,(H,20,23,24)/t14?,15-,16-/m0/s1. The lowest BCUT2D eigenvalue weighted by molar-refractivity contribution is -0.0194. The van der Waals surface area contributed by atoms with Gasteiger partial charge in [0.05, 0.1) is 12.2 Å². The predicted octanol–water partition coefficient (Wildman–Crippen LogP) is 0.537. The van der Waals surface area contributed by atoms with E-state index < -0.39 is 24.1 Å². The third kappa shape index (κ3) is 4.07. The highest BCUT2D eigenvalue weighted by Gasteiger charge is 2.35. The Hall–Kier alpha value is -2.22. The summed E-state index contributed by atoms with van der Waals surface area (Å²) < 4.78 is 7.21. The van der Waals surface area contributed by atoms with Crippen molar-refractivity contribution in [1.29, 1.82) is 0 Å². The number of aliphatic hydroxyl groups excluding tert-OH is 1. The molecule has 1 saturated heterocycles. The van der Waals surface area contributed by atoms with Crippen molar-refractivity contribution in [3.63, 3.8) is 0 Å². The van der Waals surface area contributed by atoms with Gasteiger partial charge in [-0.2, -0.15) is 0 Å². The highest BCUT2D eigenvalue weighted by Crippen LogP contribution is 2.27. The van der Waals surface area contributed by atoms with Crippen LogP contribution in [0.4, 0.5) is 0 Å². The summed E-state index contributed by atoms with van der Waals surface area (Å²) in [5.74, 6) is 0. The smallest absolute Gasteiger partial charge is 0.330 e. The molecule has 1 unspecified atom stereocenters. The zero-order valence-corrected chi connectivity index (χ0v) is 14.1. The van der Waals surface area contributed by atoms with E-state index in [1.807, 2.05) is 37.3 Å². The third-order valence-corrected chi connectivity index (χ3v) is 4.45. The zero-order valence-electron chi connectivity index (χ0n) is 14.1. The molecule has 0 spiro atoms. The third-order valence-electron chi connectivity index (χ3n) is 4.45. The molecule has 0 aliphatic carbocycles. The van der Waals surface area contributed by atoms with E-state index in [4.69, 9.17) is 4.74 Å². The number of benzene rings is 1. The molecule has 7 heteroatoms. The minimum Gasteiger partial charge on any atom is -0.390 e. The fourth-order valence-electron chi connectivity index (χ4n) is 3.02. The first-order valence-electron chi connectivity index (χ1n) is 8.51. The summed E-state index contributed by atoms with van der Waals surface area (Å²) in [5, 5.41) is 13.5. The fraction of sp³-hybridized carbons (Fsp3) is 0.444. The molecule has 3 N–H and O–H groups in total. The maximum absolute atomic E-state index is 12.0. The second-order valence-corrected chi connectivity index (χ2v) is 6.22. The molecular formula is C18H23N3O4. The molecule has 2 aromatic rings. The maximum atomic E-state index is 12.0. The lowest BCUT2D eigenvalue weighted by atomic mass is 10.1. The van der Waals surface area contributed by atoms with Gasteiger partial charge in [-0.15, -0.1) is 0 Å². The van der Waals surface area contributed by atoms with E-state index in [0.717, 1.165) is 5.56 Å². The van der Waals surface area contributed by atoms with Crippen LogP contribution in [0.1, 0.15) is 30.7 Å². The molecular weight excluding hydrogens is 322 g/mol. The van der Waals surface area contributed by atoms with Gasteiger partial charge in [0.15, 0.2) is 0 Å². The molecule has 134 valence electrons. The first-order valence-corrected chi connectivity index (χ1v) is 8.51. The number of H-pyrrole nitrogens is 1. The lowest BCUT2D eigenvalue weighted by Gasteiger charge is -2.17. The highest BCUT2D eigenvalue weighted by molar-refractivity contribution is 5.14. The van der Waals surface area contributed by atoms with Crippen LogP contribution in [0.2, 0.25) is 0 Å². The number of aromatic amines is 1. The van der Waals surface area contributed by atoms with Crippen LogP contribution >= 0.6 is 0 Å². The summed E-state index contributed by atoms with van der Waals surface area (Å²) in [4.78, 5) is 26.0. The van der Waals surface area contributed by atoms with Gasteiger partial charge in [0.25, 0.3) is 5.56 Å². The van der Waals surface area contributed by atoms with Gasteiger partial charge < -0.3 is 15.2 Å². The molecule has 1 aliphatic heterocycles. The zero-order chi connectivity index (χ0) is 17.8. The average molecular weight is 345 g/mol. The topological polar surface area (TPSA) is 96.3 Å². The molecule has 25 heavy (non-hydrogen) atoms. The van der Waals surface area contributed by atoms with Crippen molar-refractivity contribution in [2.24, 2.45) is 0 Å². The first-order chi connectivity index (χ1) is 12.1. The Morgan fingerprint density at radius 3 is 2.80 bits per heavy atom. The minimum absolute atomic E-state index is 0.312. The average Bonchev–Trinajstić information content (AvgIpc) is 2.97. The Bertz CT molecular complexity index is 815. The van der Waals surface area contributed by atoms with Gasteiger partial charge in [-0.05, 0) is 12.0 Å². The second-order valence-electron chi connectivity index (χ2n) is 6.22. The van der Waals surface area contributed by atoms with E-state index in [1.54, 1.807) is 0 Å². The number of nitrogens with one attached hydrogen (secondary N) is 2. The van der Waals surface area contributed by atoms with Crippen LogP contribution in [-0.2, 0) is 17.7 Å². The van der Waals surface area contributed by atoms with Crippen LogP contribution in [0.3, 0.4) is 0 Å². The van der Waals surface area contributed by atoms with Gasteiger partial charge in [0, 0.05) is 31.3 Å².